The van der Waals surface area contributed by atoms with E-state index >= 15 is 0 Å². The van der Waals surface area contributed by atoms with Crippen LogP contribution in [0.4, 0.5) is 4.39 Å². The fourth-order valence-corrected chi connectivity index (χ4v) is 2.57. The molecule has 0 fully saturated rings. The summed E-state index contributed by atoms with van der Waals surface area (Å²) in [5, 5.41) is 10.6. The Morgan fingerprint density at radius 2 is 1.48 bits per heavy atom. The molecule has 2 aromatic carbocycles. The van der Waals surface area contributed by atoms with Gasteiger partial charge in [0.1, 0.15) is 11.9 Å². The highest BCUT2D eigenvalue weighted by Crippen LogP contribution is 2.32. The molecular formula is C19H23FO. The second kappa shape index (κ2) is 6.40. The van der Waals surface area contributed by atoms with E-state index in [1.165, 1.54) is 11.6 Å². The van der Waals surface area contributed by atoms with Gasteiger partial charge in [-0.05, 0) is 34.6 Å². The Balaban J connectivity index is 2.50. The molecule has 0 saturated heterocycles. The highest BCUT2D eigenvalue weighted by atomic mass is 19.1. The lowest BCUT2D eigenvalue weighted by Gasteiger charge is -2.21. The standard InChI is InChI=1S/C19H23FO/c1-12(2)14-9-10-15(17(11-14)13(3)4)19(21)16-7-5-6-8-18(16)20/h5-13,19,21H,1-4H3. The van der Waals surface area contributed by atoms with E-state index in [1.54, 1.807) is 18.2 Å². The molecule has 0 aromatic heterocycles. The van der Waals surface area contributed by atoms with Crippen molar-refractivity contribution in [2.24, 2.45) is 0 Å². The Bertz CT molecular complexity index is 617. The Labute approximate surface area is 126 Å². The van der Waals surface area contributed by atoms with Crippen molar-refractivity contribution in [3.63, 3.8) is 0 Å². The van der Waals surface area contributed by atoms with Crippen LogP contribution >= 0.6 is 0 Å². The lowest BCUT2D eigenvalue weighted by Crippen LogP contribution is -2.08. The minimum absolute atomic E-state index is 0.278. The summed E-state index contributed by atoms with van der Waals surface area (Å²) in [7, 11) is 0. The molecule has 0 bridgehead atoms. The smallest absolute Gasteiger partial charge is 0.129 e. The second-order valence-electron chi connectivity index (χ2n) is 6.12. The van der Waals surface area contributed by atoms with Crippen molar-refractivity contribution in [3.8, 4) is 0 Å². The first-order valence-electron chi connectivity index (χ1n) is 7.48. The van der Waals surface area contributed by atoms with Gasteiger partial charge in [-0.3, -0.25) is 0 Å². The van der Waals surface area contributed by atoms with Crippen LogP contribution in [0.15, 0.2) is 42.5 Å². The average Bonchev–Trinajstić information content (AvgIpc) is 2.46. The van der Waals surface area contributed by atoms with Crippen LogP contribution < -0.4 is 0 Å². The van der Waals surface area contributed by atoms with Crippen molar-refractivity contribution in [2.45, 2.75) is 45.6 Å². The third kappa shape index (κ3) is 3.33. The maximum absolute atomic E-state index is 13.9. The van der Waals surface area contributed by atoms with Gasteiger partial charge in [-0.15, -0.1) is 0 Å². The number of benzene rings is 2. The molecule has 0 spiro atoms. The summed E-state index contributed by atoms with van der Waals surface area (Å²) in [6.45, 7) is 8.48. The van der Waals surface area contributed by atoms with Crippen LogP contribution in [0.2, 0.25) is 0 Å². The van der Waals surface area contributed by atoms with E-state index in [2.05, 4.69) is 33.8 Å². The van der Waals surface area contributed by atoms with Crippen LogP contribution in [-0.4, -0.2) is 5.11 Å². The third-order valence-electron chi connectivity index (χ3n) is 3.89. The van der Waals surface area contributed by atoms with E-state index in [4.69, 9.17) is 0 Å². The molecule has 0 heterocycles. The van der Waals surface area contributed by atoms with Gasteiger partial charge in [0.05, 0.1) is 0 Å². The quantitative estimate of drug-likeness (QED) is 0.823. The zero-order chi connectivity index (χ0) is 15.6. The fraction of sp³-hybridized carbons (Fsp3) is 0.368. The van der Waals surface area contributed by atoms with Crippen molar-refractivity contribution >= 4 is 0 Å². The van der Waals surface area contributed by atoms with Crippen molar-refractivity contribution in [1.29, 1.82) is 0 Å². The van der Waals surface area contributed by atoms with Gasteiger partial charge in [0.15, 0.2) is 0 Å². The summed E-state index contributed by atoms with van der Waals surface area (Å²) in [4.78, 5) is 0. The maximum atomic E-state index is 13.9. The molecule has 1 nitrogen and oxygen atoms in total. The fourth-order valence-electron chi connectivity index (χ4n) is 2.57. The van der Waals surface area contributed by atoms with Gasteiger partial charge in [-0.1, -0.05) is 64.1 Å². The molecule has 112 valence electrons. The SMILES string of the molecule is CC(C)c1ccc(C(O)c2ccccc2F)c(C(C)C)c1. The molecule has 0 aliphatic carbocycles. The van der Waals surface area contributed by atoms with E-state index in [-0.39, 0.29) is 11.7 Å². The zero-order valence-electron chi connectivity index (χ0n) is 13.1. The molecule has 0 aliphatic rings. The van der Waals surface area contributed by atoms with Gasteiger partial charge >= 0.3 is 0 Å². The molecule has 1 atom stereocenters. The van der Waals surface area contributed by atoms with E-state index in [0.29, 0.717) is 11.5 Å². The molecule has 2 aromatic rings. The average molecular weight is 286 g/mol. The second-order valence-corrected chi connectivity index (χ2v) is 6.12. The predicted octanol–water partition coefficient (Wildman–Crippen LogP) is 5.15. The van der Waals surface area contributed by atoms with Crippen LogP contribution in [0.5, 0.6) is 0 Å². The minimum Gasteiger partial charge on any atom is -0.384 e. The summed E-state index contributed by atoms with van der Waals surface area (Å²) in [5.74, 6) is 0.343. The van der Waals surface area contributed by atoms with Crippen molar-refractivity contribution in [1.82, 2.24) is 0 Å². The summed E-state index contributed by atoms with van der Waals surface area (Å²) in [5.41, 5.74) is 3.44. The van der Waals surface area contributed by atoms with Crippen LogP contribution in [0.3, 0.4) is 0 Å². The number of aliphatic hydroxyl groups is 1. The van der Waals surface area contributed by atoms with E-state index in [0.717, 1.165) is 11.1 Å². The van der Waals surface area contributed by atoms with Crippen LogP contribution in [0, 0.1) is 5.82 Å². The van der Waals surface area contributed by atoms with Crippen LogP contribution in [-0.2, 0) is 0 Å². The Morgan fingerprint density at radius 1 is 0.810 bits per heavy atom. The Morgan fingerprint density at radius 3 is 2.05 bits per heavy atom. The number of aliphatic hydroxyl groups excluding tert-OH is 1. The van der Waals surface area contributed by atoms with Crippen molar-refractivity contribution in [2.75, 3.05) is 0 Å². The summed E-state index contributed by atoms with van der Waals surface area (Å²) in [6.07, 6.45) is -0.926. The first-order valence-corrected chi connectivity index (χ1v) is 7.48. The number of hydrogen-bond donors (Lipinski definition) is 1. The molecule has 0 amide bonds. The lowest BCUT2D eigenvalue weighted by molar-refractivity contribution is 0.213. The molecule has 2 heteroatoms. The van der Waals surface area contributed by atoms with Gasteiger partial charge in [0.2, 0.25) is 0 Å². The minimum atomic E-state index is -0.926. The van der Waals surface area contributed by atoms with Crippen molar-refractivity contribution < 1.29 is 9.50 Å². The molecule has 2 rings (SSSR count). The molecule has 21 heavy (non-hydrogen) atoms. The first kappa shape index (κ1) is 15.7. The highest BCUT2D eigenvalue weighted by molar-refractivity contribution is 5.41. The molecule has 1 N–H and O–H groups in total. The third-order valence-corrected chi connectivity index (χ3v) is 3.89. The topological polar surface area (TPSA) is 20.2 Å². The van der Waals surface area contributed by atoms with Gasteiger partial charge < -0.3 is 5.11 Å². The largest absolute Gasteiger partial charge is 0.384 e. The van der Waals surface area contributed by atoms with Crippen molar-refractivity contribution in [3.05, 3.63) is 70.5 Å². The zero-order valence-corrected chi connectivity index (χ0v) is 13.1. The van der Waals surface area contributed by atoms with Gasteiger partial charge in [0, 0.05) is 5.56 Å². The number of halogens is 1. The molecule has 0 aliphatic heterocycles. The number of hydrogen-bond acceptors (Lipinski definition) is 1. The molecular weight excluding hydrogens is 263 g/mol. The monoisotopic (exact) mass is 286 g/mol. The maximum Gasteiger partial charge on any atom is 0.129 e. The summed E-state index contributed by atoms with van der Waals surface area (Å²) >= 11 is 0. The molecule has 1 unspecified atom stereocenters. The first-order chi connectivity index (χ1) is 9.91. The highest BCUT2D eigenvalue weighted by Gasteiger charge is 2.19. The summed E-state index contributed by atoms with van der Waals surface area (Å²) < 4.78 is 13.9. The van der Waals surface area contributed by atoms with Crippen LogP contribution in [0.1, 0.15) is 67.9 Å². The van der Waals surface area contributed by atoms with E-state index in [9.17, 15) is 9.50 Å². The van der Waals surface area contributed by atoms with E-state index < -0.39 is 6.10 Å². The predicted molar refractivity (Wildman–Crippen MR) is 85.1 cm³/mol. The Hall–Kier alpha value is -1.67. The van der Waals surface area contributed by atoms with Gasteiger partial charge in [-0.2, -0.15) is 0 Å². The van der Waals surface area contributed by atoms with E-state index in [1.807, 2.05) is 12.1 Å². The van der Waals surface area contributed by atoms with Gasteiger partial charge in [-0.25, -0.2) is 4.39 Å². The van der Waals surface area contributed by atoms with Crippen LogP contribution in [0.25, 0.3) is 0 Å². The molecule has 0 radical (unpaired) electrons. The lowest BCUT2D eigenvalue weighted by atomic mass is 9.87. The normalized spacial score (nSPS) is 13.0. The molecule has 0 saturated carbocycles. The number of rotatable bonds is 4. The summed E-state index contributed by atoms with van der Waals surface area (Å²) in [6, 6.07) is 12.5. The van der Waals surface area contributed by atoms with Gasteiger partial charge in [0.25, 0.3) is 0 Å². The Kier molecular flexibility index (Phi) is 4.79.